The Morgan fingerprint density at radius 1 is 1.28 bits per heavy atom. The van der Waals surface area contributed by atoms with E-state index < -0.39 is 5.97 Å². The summed E-state index contributed by atoms with van der Waals surface area (Å²) in [6, 6.07) is 0. The van der Waals surface area contributed by atoms with Gasteiger partial charge in [-0.05, 0) is 25.8 Å². The van der Waals surface area contributed by atoms with E-state index in [1.165, 1.54) is 0 Å². The second-order valence-electron chi connectivity index (χ2n) is 3.90. The van der Waals surface area contributed by atoms with Crippen molar-refractivity contribution in [3.05, 3.63) is 11.6 Å². The zero-order chi connectivity index (χ0) is 13.6. The van der Waals surface area contributed by atoms with Gasteiger partial charge < -0.3 is 19.9 Å². The Labute approximate surface area is 109 Å². The van der Waals surface area contributed by atoms with E-state index in [9.17, 15) is 4.79 Å². The molecule has 0 rings (SSSR count). The molecule has 0 saturated heterocycles. The van der Waals surface area contributed by atoms with Gasteiger partial charge in [-0.25, -0.2) is 4.79 Å². The van der Waals surface area contributed by atoms with Crippen LogP contribution in [0.15, 0.2) is 11.6 Å². The number of aliphatic carboxylic acids is 1. The minimum atomic E-state index is -0.828. The quantitative estimate of drug-likeness (QED) is 0.410. The molecule has 0 amide bonds. The zero-order valence-corrected chi connectivity index (χ0v) is 11.4. The lowest BCUT2D eigenvalue weighted by Gasteiger charge is -2.04. The summed E-state index contributed by atoms with van der Waals surface area (Å²) in [5, 5.41) is 12.0. The third-order valence-electron chi connectivity index (χ3n) is 2.47. The Kier molecular flexibility index (Phi) is 11.9. The molecule has 106 valence electrons. The summed E-state index contributed by atoms with van der Waals surface area (Å²) < 4.78 is 10.2. The van der Waals surface area contributed by atoms with Crippen LogP contribution in [-0.2, 0) is 14.3 Å². The fourth-order valence-corrected chi connectivity index (χ4v) is 1.38. The highest BCUT2D eigenvalue weighted by Crippen LogP contribution is 1.98. The molecular weight excluding hydrogens is 234 g/mol. The fraction of sp³-hybridized carbons (Fsp3) is 0.769. The number of hydrogen-bond donors (Lipinski definition) is 2. The van der Waals surface area contributed by atoms with E-state index in [1.54, 1.807) is 13.2 Å². The highest BCUT2D eigenvalue weighted by Gasteiger charge is 2.02. The van der Waals surface area contributed by atoms with Crippen molar-refractivity contribution in [2.75, 3.05) is 40.0 Å². The van der Waals surface area contributed by atoms with Crippen molar-refractivity contribution in [2.45, 2.75) is 26.2 Å². The number of hydrogen-bond acceptors (Lipinski definition) is 4. The monoisotopic (exact) mass is 259 g/mol. The third kappa shape index (κ3) is 10.3. The number of ether oxygens (including phenoxy) is 2. The van der Waals surface area contributed by atoms with Gasteiger partial charge in [-0.2, -0.15) is 0 Å². The molecule has 0 unspecified atom stereocenters. The number of rotatable bonds is 12. The average molecular weight is 259 g/mol. The lowest BCUT2D eigenvalue weighted by atomic mass is 10.2. The van der Waals surface area contributed by atoms with Gasteiger partial charge in [0.25, 0.3) is 0 Å². The Balaban J connectivity index is 3.32. The first-order valence-corrected chi connectivity index (χ1v) is 6.42. The minimum absolute atomic E-state index is 0.463. The molecule has 0 aliphatic heterocycles. The molecule has 5 nitrogen and oxygen atoms in total. The summed E-state index contributed by atoms with van der Waals surface area (Å²) in [6.07, 6.45) is 4.32. The standard InChI is InChI=1S/C13H25NO4/c1-3-12(13(15)16)6-8-14-7-4-5-9-18-11-10-17-2/h6,14H,3-5,7-11H2,1-2H3,(H,15,16). The first-order valence-electron chi connectivity index (χ1n) is 6.42. The van der Waals surface area contributed by atoms with Gasteiger partial charge in [-0.1, -0.05) is 13.0 Å². The molecule has 0 heterocycles. The van der Waals surface area contributed by atoms with Crippen LogP contribution in [0.25, 0.3) is 0 Å². The number of nitrogens with one attached hydrogen (secondary N) is 1. The Bertz CT molecular complexity index is 241. The molecule has 0 spiro atoms. The smallest absolute Gasteiger partial charge is 0.331 e. The van der Waals surface area contributed by atoms with Crippen molar-refractivity contribution < 1.29 is 19.4 Å². The number of carboxylic acids is 1. The van der Waals surface area contributed by atoms with E-state index in [4.69, 9.17) is 14.6 Å². The normalized spacial score (nSPS) is 11.8. The maximum atomic E-state index is 10.7. The molecule has 0 aliphatic carbocycles. The highest BCUT2D eigenvalue weighted by molar-refractivity contribution is 5.86. The van der Waals surface area contributed by atoms with Crippen molar-refractivity contribution in [3.63, 3.8) is 0 Å². The third-order valence-corrected chi connectivity index (χ3v) is 2.47. The molecule has 0 bridgehead atoms. The van der Waals surface area contributed by atoms with Gasteiger partial charge in [-0.15, -0.1) is 0 Å². The molecule has 0 aromatic carbocycles. The second-order valence-corrected chi connectivity index (χ2v) is 3.90. The van der Waals surface area contributed by atoms with E-state index in [0.717, 1.165) is 26.0 Å². The van der Waals surface area contributed by atoms with Crippen LogP contribution in [0.2, 0.25) is 0 Å². The van der Waals surface area contributed by atoms with E-state index >= 15 is 0 Å². The molecule has 0 atom stereocenters. The van der Waals surface area contributed by atoms with Gasteiger partial charge in [0.15, 0.2) is 0 Å². The summed E-state index contributed by atoms with van der Waals surface area (Å²) in [5.74, 6) is -0.828. The maximum Gasteiger partial charge on any atom is 0.331 e. The van der Waals surface area contributed by atoms with Crippen LogP contribution in [0.5, 0.6) is 0 Å². The number of carbonyl (C=O) groups is 1. The predicted octanol–water partition coefficient (Wildman–Crippen LogP) is 1.44. The lowest BCUT2D eigenvalue weighted by molar-refractivity contribution is -0.132. The van der Waals surface area contributed by atoms with Crippen LogP contribution in [0.3, 0.4) is 0 Å². The number of unbranched alkanes of at least 4 members (excludes halogenated alkanes) is 1. The molecule has 0 aromatic rings. The van der Waals surface area contributed by atoms with E-state index in [0.29, 0.717) is 31.8 Å². The van der Waals surface area contributed by atoms with E-state index in [2.05, 4.69) is 5.32 Å². The summed E-state index contributed by atoms with van der Waals surface area (Å²) in [4.78, 5) is 10.7. The van der Waals surface area contributed by atoms with Gasteiger partial charge in [-0.3, -0.25) is 0 Å². The Morgan fingerprint density at radius 3 is 2.67 bits per heavy atom. The van der Waals surface area contributed by atoms with Gasteiger partial charge in [0.05, 0.1) is 13.2 Å². The summed E-state index contributed by atoms with van der Waals surface area (Å²) >= 11 is 0. The molecule has 5 heteroatoms. The van der Waals surface area contributed by atoms with Crippen LogP contribution in [-0.4, -0.2) is 51.1 Å². The minimum Gasteiger partial charge on any atom is -0.478 e. The van der Waals surface area contributed by atoms with Crippen molar-refractivity contribution in [2.24, 2.45) is 0 Å². The van der Waals surface area contributed by atoms with Crippen LogP contribution in [0, 0.1) is 0 Å². The van der Waals surface area contributed by atoms with E-state index in [-0.39, 0.29) is 0 Å². The summed E-state index contributed by atoms with van der Waals surface area (Å²) in [7, 11) is 1.66. The van der Waals surface area contributed by atoms with Crippen molar-refractivity contribution in [1.29, 1.82) is 0 Å². The molecule has 0 radical (unpaired) electrons. The largest absolute Gasteiger partial charge is 0.478 e. The van der Waals surface area contributed by atoms with Crippen molar-refractivity contribution in [1.82, 2.24) is 5.32 Å². The van der Waals surface area contributed by atoms with E-state index in [1.807, 2.05) is 6.92 Å². The van der Waals surface area contributed by atoms with Crippen molar-refractivity contribution in [3.8, 4) is 0 Å². The van der Waals surface area contributed by atoms with Crippen LogP contribution < -0.4 is 5.32 Å². The Hall–Kier alpha value is -0.910. The summed E-state index contributed by atoms with van der Waals surface area (Å²) in [6.45, 7) is 5.36. The maximum absolute atomic E-state index is 10.7. The highest BCUT2D eigenvalue weighted by atomic mass is 16.5. The summed E-state index contributed by atoms with van der Waals surface area (Å²) in [5.41, 5.74) is 0.463. The fourth-order valence-electron chi connectivity index (χ4n) is 1.38. The van der Waals surface area contributed by atoms with Gasteiger partial charge in [0, 0.05) is 25.8 Å². The first-order chi connectivity index (χ1) is 8.72. The van der Waals surface area contributed by atoms with Gasteiger partial charge in [0.2, 0.25) is 0 Å². The number of carboxylic acid groups (broad SMARTS) is 1. The lowest BCUT2D eigenvalue weighted by Crippen LogP contribution is -2.17. The topological polar surface area (TPSA) is 67.8 Å². The molecule has 0 fully saturated rings. The molecule has 0 saturated carbocycles. The Morgan fingerprint density at radius 2 is 2.06 bits per heavy atom. The van der Waals surface area contributed by atoms with Crippen molar-refractivity contribution >= 4 is 5.97 Å². The second kappa shape index (κ2) is 12.5. The van der Waals surface area contributed by atoms with Crippen LogP contribution in [0.1, 0.15) is 26.2 Å². The molecule has 2 N–H and O–H groups in total. The van der Waals surface area contributed by atoms with Crippen LogP contribution >= 0.6 is 0 Å². The first kappa shape index (κ1) is 17.1. The number of methoxy groups -OCH3 is 1. The molecule has 0 aliphatic rings. The zero-order valence-electron chi connectivity index (χ0n) is 11.4. The molecule has 18 heavy (non-hydrogen) atoms. The molecule has 0 aromatic heterocycles. The van der Waals surface area contributed by atoms with Crippen LogP contribution in [0.4, 0.5) is 0 Å². The van der Waals surface area contributed by atoms with Gasteiger partial charge >= 0.3 is 5.97 Å². The average Bonchev–Trinajstić information content (AvgIpc) is 2.35. The predicted molar refractivity (Wildman–Crippen MR) is 70.8 cm³/mol. The molecular formula is C13H25NO4. The van der Waals surface area contributed by atoms with Gasteiger partial charge in [0.1, 0.15) is 0 Å². The SMILES string of the molecule is CCC(=CCNCCCCOCCOC)C(=O)O.